The predicted octanol–water partition coefficient (Wildman–Crippen LogP) is 3.51. The molecule has 0 saturated heterocycles. The van der Waals surface area contributed by atoms with Crippen LogP contribution in [0.4, 0.5) is 9.52 Å². The first-order valence-corrected chi connectivity index (χ1v) is 8.68. The number of hydrogen-bond donors (Lipinski definition) is 2. The highest BCUT2D eigenvalue weighted by Gasteiger charge is 2.13. The van der Waals surface area contributed by atoms with Crippen molar-refractivity contribution in [3.8, 4) is 0 Å². The Hall–Kier alpha value is -2.84. The Labute approximate surface area is 157 Å². The van der Waals surface area contributed by atoms with Crippen LogP contribution in [0.25, 0.3) is 0 Å². The quantitative estimate of drug-likeness (QED) is 0.653. The molecular formula is C17H12ClFN4O2S. The van der Waals surface area contributed by atoms with Crippen molar-refractivity contribution in [1.29, 1.82) is 0 Å². The highest BCUT2D eigenvalue weighted by atomic mass is 35.5. The minimum atomic E-state index is -0.506. The second kappa shape index (κ2) is 8.03. The summed E-state index contributed by atoms with van der Waals surface area (Å²) in [4.78, 5) is 32.2. The zero-order chi connectivity index (χ0) is 18.5. The number of benzene rings is 1. The molecule has 3 rings (SSSR count). The minimum absolute atomic E-state index is 0.168. The number of nitrogens with zero attached hydrogens (tertiary/aromatic N) is 2. The van der Waals surface area contributed by atoms with Crippen LogP contribution in [0, 0.1) is 5.82 Å². The van der Waals surface area contributed by atoms with E-state index in [0.717, 1.165) is 23.0 Å². The standard InChI is InChI=1S/C17H12ClFN4O2S/c18-14-5-4-10(7-20-14)8-21-16(25)13-9-26-17(22-13)23-15(24)11-2-1-3-12(19)6-11/h1-7,9H,8H2,(H,21,25)(H,22,23,24). The van der Waals surface area contributed by atoms with Gasteiger partial charge in [-0.05, 0) is 29.8 Å². The number of carbonyl (C=O) groups is 2. The van der Waals surface area contributed by atoms with Crippen LogP contribution in [0.2, 0.25) is 5.15 Å². The van der Waals surface area contributed by atoms with E-state index in [1.54, 1.807) is 18.3 Å². The SMILES string of the molecule is O=C(Nc1nc(C(=O)NCc2ccc(Cl)nc2)cs1)c1cccc(F)c1. The lowest BCUT2D eigenvalue weighted by molar-refractivity contribution is 0.0945. The molecule has 0 atom stereocenters. The maximum atomic E-state index is 13.2. The Morgan fingerprint density at radius 3 is 2.77 bits per heavy atom. The van der Waals surface area contributed by atoms with Gasteiger partial charge in [-0.3, -0.25) is 14.9 Å². The van der Waals surface area contributed by atoms with Crippen LogP contribution in [0.5, 0.6) is 0 Å². The Balaban J connectivity index is 1.59. The van der Waals surface area contributed by atoms with Crippen molar-refractivity contribution in [2.75, 3.05) is 5.32 Å². The van der Waals surface area contributed by atoms with Crippen molar-refractivity contribution in [2.24, 2.45) is 0 Å². The van der Waals surface area contributed by atoms with E-state index in [9.17, 15) is 14.0 Å². The number of hydrogen-bond acceptors (Lipinski definition) is 5. The molecule has 26 heavy (non-hydrogen) atoms. The van der Waals surface area contributed by atoms with Gasteiger partial charge < -0.3 is 5.32 Å². The lowest BCUT2D eigenvalue weighted by Crippen LogP contribution is -2.23. The number of carbonyl (C=O) groups excluding carboxylic acids is 2. The summed E-state index contributed by atoms with van der Waals surface area (Å²) >= 11 is 6.81. The first-order chi connectivity index (χ1) is 12.5. The molecule has 0 bridgehead atoms. The van der Waals surface area contributed by atoms with Gasteiger partial charge in [0.2, 0.25) is 0 Å². The molecule has 0 aliphatic heterocycles. The molecule has 0 unspecified atom stereocenters. The smallest absolute Gasteiger partial charge is 0.271 e. The van der Waals surface area contributed by atoms with Gasteiger partial charge >= 0.3 is 0 Å². The monoisotopic (exact) mass is 390 g/mol. The summed E-state index contributed by atoms with van der Waals surface area (Å²) in [5.74, 6) is -1.39. The first kappa shape index (κ1) is 18.0. The van der Waals surface area contributed by atoms with Crippen LogP contribution in [-0.2, 0) is 6.54 Å². The Bertz CT molecular complexity index is 946. The van der Waals surface area contributed by atoms with E-state index in [1.165, 1.54) is 23.6 Å². The van der Waals surface area contributed by atoms with Crippen molar-refractivity contribution >= 4 is 39.9 Å². The van der Waals surface area contributed by atoms with E-state index in [2.05, 4.69) is 20.6 Å². The molecule has 2 heterocycles. The van der Waals surface area contributed by atoms with Crippen molar-refractivity contribution in [2.45, 2.75) is 6.54 Å². The predicted molar refractivity (Wildman–Crippen MR) is 96.9 cm³/mol. The van der Waals surface area contributed by atoms with Crippen LogP contribution < -0.4 is 10.6 Å². The Morgan fingerprint density at radius 2 is 2.04 bits per heavy atom. The molecule has 2 aromatic heterocycles. The summed E-state index contributed by atoms with van der Waals surface area (Å²) in [6.45, 7) is 0.269. The molecule has 132 valence electrons. The van der Waals surface area contributed by atoms with Crippen LogP contribution in [-0.4, -0.2) is 21.8 Å². The average Bonchev–Trinajstić information content (AvgIpc) is 3.09. The summed E-state index contributed by atoms with van der Waals surface area (Å²) in [5, 5.41) is 7.38. The lowest BCUT2D eigenvalue weighted by Gasteiger charge is -2.03. The van der Waals surface area contributed by atoms with Gasteiger partial charge in [-0.1, -0.05) is 23.7 Å². The van der Waals surface area contributed by atoms with E-state index in [0.29, 0.717) is 5.15 Å². The summed E-state index contributed by atoms with van der Waals surface area (Å²) in [6, 6.07) is 8.68. The maximum absolute atomic E-state index is 13.2. The molecule has 2 amide bonds. The number of anilines is 1. The molecule has 9 heteroatoms. The number of amides is 2. The third-order valence-electron chi connectivity index (χ3n) is 3.29. The van der Waals surface area contributed by atoms with E-state index in [1.807, 2.05) is 0 Å². The summed E-state index contributed by atoms with van der Waals surface area (Å²) in [5.41, 5.74) is 1.13. The van der Waals surface area contributed by atoms with Gasteiger partial charge in [0.05, 0.1) is 0 Å². The fourth-order valence-electron chi connectivity index (χ4n) is 2.02. The Morgan fingerprint density at radius 1 is 1.19 bits per heavy atom. The number of thiazole rings is 1. The summed E-state index contributed by atoms with van der Waals surface area (Å²) < 4.78 is 13.2. The molecule has 0 aliphatic carbocycles. The number of nitrogens with one attached hydrogen (secondary N) is 2. The van der Waals surface area contributed by atoms with Gasteiger partial charge in [0.1, 0.15) is 16.7 Å². The second-order valence-electron chi connectivity index (χ2n) is 5.17. The zero-order valence-corrected chi connectivity index (χ0v) is 14.8. The van der Waals surface area contributed by atoms with E-state index in [-0.39, 0.29) is 28.8 Å². The van der Waals surface area contributed by atoms with Crippen LogP contribution in [0.1, 0.15) is 26.4 Å². The number of pyridine rings is 1. The zero-order valence-electron chi connectivity index (χ0n) is 13.2. The van der Waals surface area contributed by atoms with Crippen LogP contribution >= 0.6 is 22.9 Å². The Kier molecular flexibility index (Phi) is 5.55. The van der Waals surface area contributed by atoms with Crippen molar-refractivity contribution < 1.29 is 14.0 Å². The van der Waals surface area contributed by atoms with Crippen LogP contribution in [0.3, 0.4) is 0 Å². The van der Waals surface area contributed by atoms with Gasteiger partial charge in [0, 0.05) is 23.7 Å². The van der Waals surface area contributed by atoms with E-state index < -0.39 is 11.7 Å². The molecule has 1 aromatic carbocycles. The van der Waals surface area contributed by atoms with Crippen molar-refractivity contribution in [1.82, 2.24) is 15.3 Å². The van der Waals surface area contributed by atoms with Crippen molar-refractivity contribution in [3.63, 3.8) is 0 Å². The van der Waals surface area contributed by atoms with Crippen molar-refractivity contribution in [3.05, 3.63) is 75.8 Å². The molecule has 0 fully saturated rings. The van der Waals surface area contributed by atoms with Gasteiger partial charge in [-0.25, -0.2) is 14.4 Å². The van der Waals surface area contributed by atoms with Gasteiger partial charge in [0.15, 0.2) is 5.13 Å². The third kappa shape index (κ3) is 4.62. The lowest BCUT2D eigenvalue weighted by atomic mass is 10.2. The fraction of sp³-hybridized carbons (Fsp3) is 0.0588. The highest BCUT2D eigenvalue weighted by Crippen LogP contribution is 2.17. The molecule has 0 spiro atoms. The molecular weight excluding hydrogens is 379 g/mol. The topological polar surface area (TPSA) is 84.0 Å². The van der Waals surface area contributed by atoms with E-state index >= 15 is 0 Å². The normalized spacial score (nSPS) is 10.4. The molecule has 3 aromatic rings. The maximum Gasteiger partial charge on any atom is 0.271 e. The average molecular weight is 391 g/mol. The molecule has 6 nitrogen and oxygen atoms in total. The number of rotatable bonds is 5. The molecule has 0 saturated carbocycles. The molecule has 2 N–H and O–H groups in total. The molecule has 0 aliphatic rings. The summed E-state index contributed by atoms with van der Waals surface area (Å²) in [7, 11) is 0. The third-order valence-corrected chi connectivity index (χ3v) is 4.27. The van der Waals surface area contributed by atoms with Gasteiger partial charge in [-0.2, -0.15) is 0 Å². The summed E-state index contributed by atoms with van der Waals surface area (Å²) in [6.07, 6.45) is 1.56. The largest absolute Gasteiger partial charge is 0.347 e. The minimum Gasteiger partial charge on any atom is -0.347 e. The fourth-order valence-corrected chi connectivity index (χ4v) is 2.82. The number of halogens is 2. The highest BCUT2D eigenvalue weighted by molar-refractivity contribution is 7.14. The first-order valence-electron chi connectivity index (χ1n) is 7.42. The second-order valence-corrected chi connectivity index (χ2v) is 6.42. The van der Waals surface area contributed by atoms with Gasteiger partial charge in [0.25, 0.3) is 11.8 Å². The van der Waals surface area contributed by atoms with Crippen LogP contribution in [0.15, 0.2) is 48.0 Å². The number of aromatic nitrogens is 2. The van der Waals surface area contributed by atoms with E-state index in [4.69, 9.17) is 11.6 Å². The van der Waals surface area contributed by atoms with Gasteiger partial charge in [-0.15, -0.1) is 11.3 Å². The molecule has 0 radical (unpaired) electrons.